The summed E-state index contributed by atoms with van der Waals surface area (Å²) in [6, 6.07) is 0. The van der Waals surface area contributed by atoms with Gasteiger partial charge in [-0.15, -0.1) is 0 Å². The first-order valence-electron chi connectivity index (χ1n) is 7.64. The molecule has 0 spiro atoms. The van der Waals surface area contributed by atoms with Gasteiger partial charge in [0.2, 0.25) is 0 Å². The standard InChI is InChI=1S/C15H25N5O3S/c1-5-6-20-12(16)11(13(21)18-14(20)22)19(7-8-23-4)15(24)17-9-10(2)3/h2,5-9,16H2,1,3-4H3,(H,17,24)(H,18,21,22). The van der Waals surface area contributed by atoms with Crippen LogP contribution in [0.2, 0.25) is 0 Å². The van der Waals surface area contributed by atoms with E-state index in [1.165, 1.54) is 4.57 Å². The van der Waals surface area contributed by atoms with Crippen molar-refractivity contribution in [1.82, 2.24) is 14.9 Å². The number of aromatic nitrogens is 2. The number of ether oxygens (including phenoxy) is 1. The van der Waals surface area contributed by atoms with E-state index in [1.54, 1.807) is 12.0 Å². The molecule has 9 heteroatoms. The molecule has 1 heterocycles. The average molecular weight is 355 g/mol. The van der Waals surface area contributed by atoms with Crippen molar-refractivity contribution in [2.45, 2.75) is 26.8 Å². The summed E-state index contributed by atoms with van der Waals surface area (Å²) in [4.78, 5) is 28.1. The SMILES string of the molecule is C=C(C)CNC(=S)N(CCOC)c1c(N)n(CCC)c(=O)[nH]c1=O. The molecular formula is C15H25N5O3S. The molecule has 134 valence electrons. The molecule has 0 aliphatic carbocycles. The number of anilines is 2. The smallest absolute Gasteiger partial charge is 0.330 e. The number of nitrogen functional groups attached to an aromatic ring is 1. The minimum atomic E-state index is -0.583. The zero-order valence-corrected chi connectivity index (χ0v) is 15.2. The molecule has 0 aliphatic heterocycles. The lowest BCUT2D eigenvalue weighted by Gasteiger charge is -2.27. The van der Waals surface area contributed by atoms with E-state index in [4.69, 9.17) is 22.7 Å². The van der Waals surface area contributed by atoms with Crippen molar-refractivity contribution in [2.24, 2.45) is 0 Å². The molecule has 0 amide bonds. The third kappa shape index (κ3) is 4.93. The van der Waals surface area contributed by atoms with E-state index in [0.717, 1.165) is 5.57 Å². The molecule has 0 radical (unpaired) electrons. The molecule has 0 fully saturated rings. The minimum Gasteiger partial charge on any atom is -0.383 e. The van der Waals surface area contributed by atoms with Crippen LogP contribution in [0.4, 0.5) is 11.5 Å². The zero-order valence-electron chi connectivity index (χ0n) is 14.3. The Morgan fingerprint density at radius 2 is 2.17 bits per heavy atom. The number of hydrogen-bond donors (Lipinski definition) is 3. The Kier molecular flexibility index (Phi) is 7.66. The highest BCUT2D eigenvalue weighted by molar-refractivity contribution is 7.80. The van der Waals surface area contributed by atoms with Crippen LogP contribution in [0.25, 0.3) is 0 Å². The van der Waals surface area contributed by atoms with Gasteiger partial charge >= 0.3 is 5.69 Å². The lowest BCUT2D eigenvalue weighted by Crippen LogP contribution is -2.47. The van der Waals surface area contributed by atoms with Gasteiger partial charge in [0.15, 0.2) is 10.8 Å². The molecule has 0 aliphatic rings. The molecule has 4 N–H and O–H groups in total. The van der Waals surface area contributed by atoms with Gasteiger partial charge in [-0.25, -0.2) is 4.79 Å². The van der Waals surface area contributed by atoms with Gasteiger partial charge in [-0.3, -0.25) is 14.3 Å². The highest BCUT2D eigenvalue weighted by atomic mass is 32.1. The number of thiocarbonyl (C=S) groups is 1. The van der Waals surface area contributed by atoms with Gasteiger partial charge in [0.05, 0.1) is 6.61 Å². The van der Waals surface area contributed by atoms with Crippen molar-refractivity contribution in [1.29, 1.82) is 0 Å². The highest BCUT2D eigenvalue weighted by Gasteiger charge is 2.21. The molecule has 1 rings (SSSR count). The Hall–Kier alpha value is -2.13. The number of nitrogens with zero attached hydrogens (tertiary/aromatic N) is 2. The number of methoxy groups -OCH3 is 1. The van der Waals surface area contributed by atoms with Crippen LogP contribution in [0.3, 0.4) is 0 Å². The topological polar surface area (TPSA) is 105 Å². The van der Waals surface area contributed by atoms with Crippen LogP contribution in [0.5, 0.6) is 0 Å². The molecule has 8 nitrogen and oxygen atoms in total. The summed E-state index contributed by atoms with van der Waals surface area (Å²) < 4.78 is 6.41. The summed E-state index contributed by atoms with van der Waals surface area (Å²) in [7, 11) is 1.55. The highest BCUT2D eigenvalue weighted by Crippen LogP contribution is 2.17. The maximum Gasteiger partial charge on any atom is 0.330 e. The summed E-state index contributed by atoms with van der Waals surface area (Å²) in [5.41, 5.74) is 6.01. The monoisotopic (exact) mass is 355 g/mol. The van der Waals surface area contributed by atoms with E-state index >= 15 is 0 Å². The predicted octanol–water partition coefficient (Wildman–Crippen LogP) is 0.432. The number of hydrogen-bond acceptors (Lipinski definition) is 5. The van der Waals surface area contributed by atoms with E-state index in [0.29, 0.717) is 37.8 Å². The Balaban J connectivity index is 3.33. The fourth-order valence-electron chi connectivity index (χ4n) is 2.10. The van der Waals surface area contributed by atoms with Crippen LogP contribution in [0, 0.1) is 0 Å². The van der Waals surface area contributed by atoms with Crippen LogP contribution in [-0.2, 0) is 11.3 Å². The molecule has 0 aromatic carbocycles. The summed E-state index contributed by atoms with van der Waals surface area (Å²) in [6.07, 6.45) is 0.700. The van der Waals surface area contributed by atoms with Crippen molar-refractivity contribution in [2.75, 3.05) is 37.4 Å². The van der Waals surface area contributed by atoms with Gasteiger partial charge in [-0.2, -0.15) is 0 Å². The summed E-state index contributed by atoms with van der Waals surface area (Å²) in [6.45, 7) is 9.09. The minimum absolute atomic E-state index is 0.0844. The van der Waals surface area contributed by atoms with Crippen molar-refractivity contribution < 1.29 is 4.74 Å². The second kappa shape index (κ2) is 9.24. The van der Waals surface area contributed by atoms with Crippen LogP contribution in [0.15, 0.2) is 21.7 Å². The molecular weight excluding hydrogens is 330 g/mol. The van der Waals surface area contributed by atoms with Crippen LogP contribution in [0.1, 0.15) is 20.3 Å². The van der Waals surface area contributed by atoms with Crippen molar-refractivity contribution in [3.63, 3.8) is 0 Å². The van der Waals surface area contributed by atoms with Crippen molar-refractivity contribution in [3.05, 3.63) is 33.0 Å². The molecule has 0 saturated heterocycles. The molecule has 1 aromatic rings. The average Bonchev–Trinajstić information content (AvgIpc) is 2.52. The van der Waals surface area contributed by atoms with Gasteiger partial charge in [0.25, 0.3) is 5.56 Å². The maximum atomic E-state index is 12.3. The molecule has 0 atom stereocenters. The lowest BCUT2D eigenvalue weighted by atomic mass is 10.3. The Bertz CT molecular complexity index is 710. The van der Waals surface area contributed by atoms with Crippen molar-refractivity contribution >= 4 is 28.8 Å². The van der Waals surface area contributed by atoms with Gasteiger partial charge in [0.1, 0.15) is 5.82 Å². The van der Waals surface area contributed by atoms with E-state index in [-0.39, 0.29) is 11.5 Å². The molecule has 0 bridgehead atoms. The van der Waals surface area contributed by atoms with E-state index < -0.39 is 11.2 Å². The first-order valence-corrected chi connectivity index (χ1v) is 8.05. The fourth-order valence-corrected chi connectivity index (χ4v) is 2.36. The first-order chi connectivity index (χ1) is 11.3. The number of rotatable bonds is 8. The maximum absolute atomic E-state index is 12.3. The van der Waals surface area contributed by atoms with Crippen LogP contribution >= 0.6 is 12.2 Å². The largest absolute Gasteiger partial charge is 0.383 e. The number of nitrogens with two attached hydrogens (primary N) is 1. The molecule has 0 unspecified atom stereocenters. The number of H-pyrrole nitrogens is 1. The van der Waals surface area contributed by atoms with Gasteiger partial charge < -0.3 is 20.7 Å². The van der Waals surface area contributed by atoms with E-state index in [2.05, 4.69) is 16.9 Å². The second-order valence-electron chi connectivity index (χ2n) is 5.41. The fraction of sp³-hybridized carbons (Fsp3) is 0.533. The van der Waals surface area contributed by atoms with Crippen molar-refractivity contribution in [3.8, 4) is 0 Å². The quantitative estimate of drug-likeness (QED) is 0.459. The molecule has 0 saturated carbocycles. The zero-order chi connectivity index (χ0) is 18.3. The Morgan fingerprint density at radius 3 is 2.71 bits per heavy atom. The predicted molar refractivity (Wildman–Crippen MR) is 101 cm³/mol. The lowest BCUT2D eigenvalue weighted by molar-refractivity contribution is 0.207. The van der Waals surface area contributed by atoms with Gasteiger partial charge in [0, 0.05) is 26.7 Å². The Labute approximate surface area is 146 Å². The summed E-state index contributed by atoms with van der Waals surface area (Å²) in [5, 5.41) is 3.33. The van der Waals surface area contributed by atoms with E-state index in [9.17, 15) is 9.59 Å². The van der Waals surface area contributed by atoms with Gasteiger partial charge in [-0.05, 0) is 25.6 Å². The summed E-state index contributed by atoms with van der Waals surface area (Å²) in [5.74, 6) is 0.0844. The second-order valence-corrected chi connectivity index (χ2v) is 5.79. The van der Waals surface area contributed by atoms with Crippen LogP contribution in [-0.4, -0.2) is 41.5 Å². The Morgan fingerprint density at radius 1 is 1.50 bits per heavy atom. The third-order valence-electron chi connectivity index (χ3n) is 3.24. The third-order valence-corrected chi connectivity index (χ3v) is 3.60. The van der Waals surface area contributed by atoms with Crippen LogP contribution < -0.4 is 27.2 Å². The molecule has 1 aromatic heterocycles. The number of aromatic amines is 1. The van der Waals surface area contributed by atoms with Gasteiger partial charge in [-0.1, -0.05) is 19.1 Å². The first kappa shape index (κ1) is 19.9. The normalized spacial score (nSPS) is 10.5. The molecule has 24 heavy (non-hydrogen) atoms. The van der Waals surface area contributed by atoms with E-state index in [1.807, 2.05) is 13.8 Å². The number of nitrogens with one attached hydrogen (secondary N) is 2. The summed E-state index contributed by atoms with van der Waals surface area (Å²) >= 11 is 5.37.